The minimum Gasteiger partial charge on any atom is -0.486 e. The van der Waals surface area contributed by atoms with E-state index in [9.17, 15) is 13.2 Å². The zero-order valence-electron chi connectivity index (χ0n) is 17.2. The fraction of sp³-hybridized carbons (Fsp3) is 0.650. The number of carbonyl (C=O) groups is 1. The summed E-state index contributed by atoms with van der Waals surface area (Å²) in [6.07, 6.45) is 1.34. The number of amides is 1. The third-order valence-electron chi connectivity index (χ3n) is 5.80. The van der Waals surface area contributed by atoms with Gasteiger partial charge >= 0.3 is 0 Å². The lowest BCUT2D eigenvalue weighted by atomic mass is 9.97. The highest BCUT2D eigenvalue weighted by Gasteiger charge is 2.36. The quantitative estimate of drug-likeness (QED) is 0.733. The summed E-state index contributed by atoms with van der Waals surface area (Å²) in [6.45, 7) is 5.13. The summed E-state index contributed by atoms with van der Waals surface area (Å²) >= 11 is 0. The van der Waals surface area contributed by atoms with E-state index in [0.29, 0.717) is 70.4 Å². The van der Waals surface area contributed by atoms with Crippen LogP contribution >= 0.6 is 0 Å². The minimum absolute atomic E-state index is 0.126. The molecule has 1 aromatic rings. The fourth-order valence-corrected chi connectivity index (χ4v) is 5.72. The lowest BCUT2D eigenvalue weighted by Crippen LogP contribution is -2.53. The number of piperidine rings is 1. The Morgan fingerprint density at radius 2 is 1.80 bits per heavy atom. The molecule has 0 saturated carbocycles. The number of ether oxygens (including phenoxy) is 3. The molecule has 0 radical (unpaired) electrons. The average molecular weight is 440 g/mol. The predicted octanol–water partition coefficient (Wildman–Crippen LogP) is 0.924. The highest BCUT2D eigenvalue weighted by Crippen LogP contribution is 2.33. The number of hydrogen-bond acceptors (Lipinski definition) is 6. The van der Waals surface area contributed by atoms with Gasteiger partial charge < -0.3 is 19.5 Å². The van der Waals surface area contributed by atoms with Crippen molar-refractivity contribution in [2.75, 3.05) is 52.6 Å². The molecule has 3 heterocycles. The summed E-state index contributed by atoms with van der Waals surface area (Å²) in [5.41, 5.74) is 0.918. The largest absolute Gasteiger partial charge is 0.486 e. The Balaban J connectivity index is 1.38. The van der Waals surface area contributed by atoms with E-state index in [2.05, 4.69) is 5.32 Å². The molecule has 3 aliphatic heterocycles. The van der Waals surface area contributed by atoms with Crippen molar-refractivity contribution in [3.8, 4) is 11.5 Å². The van der Waals surface area contributed by atoms with Crippen LogP contribution in [0.15, 0.2) is 18.2 Å². The molecule has 2 atom stereocenters. The number of benzene rings is 1. The van der Waals surface area contributed by atoms with Gasteiger partial charge in [-0.2, -0.15) is 17.0 Å². The molecule has 1 N–H and O–H groups in total. The van der Waals surface area contributed by atoms with Crippen LogP contribution in [-0.2, 0) is 19.7 Å². The van der Waals surface area contributed by atoms with Crippen LogP contribution in [0.4, 0.5) is 0 Å². The Morgan fingerprint density at radius 3 is 2.57 bits per heavy atom. The molecule has 0 spiro atoms. The van der Waals surface area contributed by atoms with Crippen LogP contribution in [-0.4, -0.2) is 75.5 Å². The van der Waals surface area contributed by atoms with Gasteiger partial charge in [0.25, 0.3) is 10.2 Å². The number of rotatable bonds is 5. The maximum Gasteiger partial charge on any atom is 0.282 e. The Bertz CT molecular complexity index is 871. The van der Waals surface area contributed by atoms with Gasteiger partial charge in [0.2, 0.25) is 5.91 Å². The Kier molecular flexibility index (Phi) is 6.47. The van der Waals surface area contributed by atoms with Crippen LogP contribution in [0.1, 0.15) is 31.4 Å². The summed E-state index contributed by atoms with van der Waals surface area (Å²) < 4.78 is 45.2. The second-order valence-corrected chi connectivity index (χ2v) is 9.78. The van der Waals surface area contributed by atoms with Gasteiger partial charge in [-0.15, -0.1) is 0 Å². The third kappa shape index (κ3) is 4.56. The summed E-state index contributed by atoms with van der Waals surface area (Å²) in [5, 5.41) is 3.03. The molecule has 3 aliphatic rings. The Labute approximate surface area is 177 Å². The second kappa shape index (κ2) is 9.09. The highest BCUT2D eigenvalue weighted by molar-refractivity contribution is 7.86. The van der Waals surface area contributed by atoms with Crippen molar-refractivity contribution in [3.63, 3.8) is 0 Å². The summed E-state index contributed by atoms with van der Waals surface area (Å²) in [7, 11) is -3.57. The molecule has 0 aromatic heterocycles. The van der Waals surface area contributed by atoms with E-state index in [-0.39, 0.29) is 24.4 Å². The summed E-state index contributed by atoms with van der Waals surface area (Å²) in [5.74, 6) is 0.897. The van der Waals surface area contributed by atoms with Crippen LogP contribution < -0.4 is 14.8 Å². The first kappa shape index (κ1) is 21.4. The molecule has 2 unspecified atom stereocenters. The first-order chi connectivity index (χ1) is 14.4. The molecule has 9 nitrogen and oxygen atoms in total. The molecule has 30 heavy (non-hydrogen) atoms. The van der Waals surface area contributed by atoms with E-state index in [1.165, 1.54) is 8.61 Å². The van der Waals surface area contributed by atoms with Crippen LogP contribution in [0, 0.1) is 5.92 Å². The molecule has 4 rings (SSSR count). The molecule has 1 aromatic carbocycles. The van der Waals surface area contributed by atoms with Gasteiger partial charge in [0.05, 0.1) is 25.2 Å². The molecular formula is C20H29N3O6S. The minimum atomic E-state index is -3.57. The average Bonchev–Trinajstić information content (AvgIpc) is 2.79. The lowest BCUT2D eigenvalue weighted by Gasteiger charge is -2.36. The molecule has 0 bridgehead atoms. The van der Waals surface area contributed by atoms with Crippen LogP contribution in [0.2, 0.25) is 0 Å². The van der Waals surface area contributed by atoms with Gasteiger partial charge in [0.1, 0.15) is 13.2 Å². The van der Waals surface area contributed by atoms with E-state index >= 15 is 0 Å². The Morgan fingerprint density at radius 1 is 1.07 bits per heavy atom. The SMILES string of the molecule is CC(NC(=O)C1CCCN(S(=O)(=O)N2CCOCC2)C1)c1ccc2c(c1)OCCO2. The normalized spacial score (nSPS) is 24.2. The molecule has 1 amide bonds. The zero-order chi connectivity index (χ0) is 21.1. The van der Waals surface area contributed by atoms with Crippen molar-refractivity contribution < 1.29 is 27.4 Å². The van der Waals surface area contributed by atoms with Gasteiger partial charge in [0, 0.05) is 26.2 Å². The monoisotopic (exact) mass is 439 g/mol. The maximum atomic E-state index is 12.9. The predicted molar refractivity (Wildman–Crippen MR) is 110 cm³/mol. The standard InChI is InChI=1S/C20H29N3O6S/c1-15(16-4-5-18-19(13-16)29-12-11-28-18)21-20(24)17-3-2-6-23(14-17)30(25,26)22-7-9-27-10-8-22/h4-5,13,15,17H,2-3,6-12,14H2,1H3,(H,21,24). The zero-order valence-corrected chi connectivity index (χ0v) is 18.0. The molecule has 10 heteroatoms. The topological polar surface area (TPSA) is 97.4 Å². The van der Waals surface area contributed by atoms with Crippen LogP contribution in [0.25, 0.3) is 0 Å². The summed E-state index contributed by atoms with van der Waals surface area (Å²) in [6, 6.07) is 5.42. The lowest BCUT2D eigenvalue weighted by molar-refractivity contribution is -0.126. The van der Waals surface area contributed by atoms with E-state index in [0.717, 1.165) is 5.56 Å². The van der Waals surface area contributed by atoms with E-state index < -0.39 is 10.2 Å². The maximum absolute atomic E-state index is 12.9. The van der Waals surface area contributed by atoms with Gasteiger partial charge in [0.15, 0.2) is 11.5 Å². The highest BCUT2D eigenvalue weighted by atomic mass is 32.2. The van der Waals surface area contributed by atoms with Gasteiger partial charge in [-0.3, -0.25) is 4.79 Å². The smallest absolute Gasteiger partial charge is 0.282 e. The number of fused-ring (bicyclic) bond motifs is 1. The van der Waals surface area contributed by atoms with Crippen LogP contribution in [0.3, 0.4) is 0 Å². The molecular weight excluding hydrogens is 410 g/mol. The number of hydrogen-bond donors (Lipinski definition) is 1. The van der Waals surface area contributed by atoms with E-state index in [4.69, 9.17) is 14.2 Å². The first-order valence-corrected chi connectivity index (χ1v) is 11.9. The van der Waals surface area contributed by atoms with Crippen molar-refractivity contribution in [1.29, 1.82) is 0 Å². The number of nitrogens with zero attached hydrogens (tertiary/aromatic N) is 2. The number of morpholine rings is 1. The van der Waals surface area contributed by atoms with E-state index in [1.807, 2.05) is 25.1 Å². The second-order valence-electron chi connectivity index (χ2n) is 7.85. The van der Waals surface area contributed by atoms with Crippen LogP contribution in [0.5, 0.6) is 11.5 Å². The van der Waals surface area contributed by atoms with Crippen molar-refractivity contribution in [3.05, 3.63) is 23.8 Å². The fourth-order valence-electron chi connectivity index (χ4n) is 4.05. The van der Waals surface area contributed by atoms with E-state index in [1.54, 1.807) is 0 Å². The van der Waals surface area contributed by atoms with Gasteiger partial charge in [-0.25, -0.2) is 0 Å². The first-order valence-electron chi connectivity index (χ1n) is 10.5. The number of carbonyl (C=O) groups excluding carboxylic acids is 1. The summed E-state index contributed by atoms with van der Waals surface area (Å²) in [4.78, 5) is 12.9. The molecule has 2 saturated heterocycles. The molecule has 0 aliphatic carbocycles. The van der Waals surface area contributed by atoms with Gasteiger partial charge in [-0.05, 0) is 37.5 Å². The number of nitrogens with one attached hydrogen (secondary N) is 1. The van der Waals surface area contributed by atoms with Crippen molar-refractivity contribution in [2.45, 2.75) is 25.8 Å². The molecule has 166 valence electrons. The third-order valence-corrected chi connectivity index (χ3v) is 7.80. The van der Waals surface area contributed by atoms with Crippen molar-refractivity contribution in [1.82, 2.24) is 13.9 Å². The van der Waals surface area contributed by atoms with Crippen molar-refractivity contribution in [2.24, 2.45) is 5.92 Å². The Hall–Kier alpha value is -1.88. The van der Waals surface area contributed by atoms with Crippen molar-refractivity contribution >= 4 is 16.1 Å². The van der Waals surface area contributed by atoms with Gasteiger partial charge in [-0.1, -0.05) is 6.07 Å². The molecule has 2 fully saturated rings.